The van der Waals surface area contributed by atoms with Crippen LogP contribution in [0.15, 0.2) is 54.6 Å². The lowest BCUT2D eigenvalue weighted by atomic mass is 10.1. The molecule has 3 rings (SSSR count). The predicted octanol–water partition coefficient (Wildman–Crippen LogP) is 6.56. The van der Waals surface area contributed by atoms with Gasteiger partial charge in [-0.25, -0.2) is 4.98 Å². The molecule has 0 aliphatic rings. The van der Waals surface area contributed by atoms with E-state index < -0.39 is 5.97 Å². The van der Waals surface area contributed by atoms with E-state index in [1.54, 1.807) is 23.5 Å². The molecule has 0 radical (unpaired) electrons. The van der Waals surface area contributed by atoms with Crippen molar-refractivity contribution in [2.24, 2.45) is 0 Å². The summed E-state index contributed by atoms with van der Waals surface area (Å²) >= 11 is 9.27. The molecule has 33 heavy (non-hydrogen) atoms. The fraction of sp³-hybridized carbons (Fsp3) is 0.240. The van der Waals surface area contributed by atoms with Crippen LogP contribution in [0, 0.1) is 0 Å². The summed E-state index contributed by atoms with van der Waals surface area (Å²) in [6, 6.07) is 17.7. The second kappa shape index (κ2) is 12.7. The van der Waals surface area contributed by atoms with Crippen molar-refractivity contribution >= 4 is 70.1 Å². The van der Waals surface area contributed by atoms with E-state index >= 15 is 0 Å². The van der Waals surface area contributed by atoms with E-state index in [1.165, 1.54) is 7.11 Å². The number of methoxy groups -OCH3 is 1. The number of carboxylic acids is 1. The summed E-state index contributed by atoms with van der Waals surface area (Å²) in [6.07, 6.45) is 4.36. The van der Waals surface area contributed by atoms with Gasteiger partial charge in [-0.15, -0.1) is 23.5 Å². The molecule has 0 bridgehead atoms. The second-order valence-electron chi connectivity index (χ2n) is 7.12. The van der Waals surface area contributed by atoms with Crippen LogP contribution >= 0.6 is 35.1 Å². The molecule has 1 unspecified atom stereocenters. The Morgan fingerprint density at radius 1 is 1.06 bits per heavy atom. The number of hydrogen-bond donors (Lipinski definition) is 1. The largest absolute Gasteiger partial charge is 0.481 e. The maximum Gasteiger partial charge on any atom is 0.306 e. The summed E-state index contributed by atoms with van der Waals surface area (Å²) in [5.41, 5.74) is 3.75. The van der Waals surface area contributed by atoms with E-state index in [9.17, 15) is 9.59 Å². The molecule has 172 valence electrons. The Hall–Kier alpha value is -2.48. The van der Waals surface area contributed by atoms with E-state index in [4.69, 9.17) is 21.4 Å². The number of aromatic nitrogens is 1. The second-order valence-corrected chi connectivity index (χ2v) is 10.3. The Labute approximate surface area is 206 Å². The maximum atomic E-state index is 11.5. The van der Waals surface area contributed by atoms with E-state index in [0.717, 1.165) is 27.7 Å². The zero-order chi connectivity index (χ0) is 23.6. The monoisotopic (exact) mass is 501 g/mol. The van der Waals surface area contributed by atoms with Crippen LogP contribution in [0.25, 0.3) is 23.1 Å². The average molecular weight is 502 g/mol. The third-order valence-corrected chi connectivity index (χ3v) is 7.77. The Morgan fingerprint density at radius 3 is 2.58 bits per heavy atom. The Kier molecular flexibility index (Phi) is 9.66. The highest BCUT2D eigenvalue weighted by atomic mass is 35.5. The van der Waals surface area contributed by atoms with Gasteiger partial charge in [-0.1, -0.05) is 48.0 Å². The van der Waals surface area contributed by atoms with E-state index in [2.05, 4.69) is 11.1 Å². The first kappa shape index (κ1) is 25.1. The molecule has 1 atom stereocenters. The van der Waals surface area contributed by atoms with Gasteiger partial charge in [-0.2, -0.15) is 0 Å². The number of carbonyl (C=O) groups excluding carboxylic acids is 1. The van der Waals surface area contributed by atoms with E-state index in [0.29, 0.717) is 22.9 Å². The number of carbonyl (C=O) groups is 2. The maximum absolute atomic E-state index is 11.5. The summed E-state index contributed by atoms with van der Waals surface area (Å²) in [7, 11) is 1.38. The van der Waals surface area contributed by atoms with Gasteiger partial charge in [0.25, 0.3) is 0 Å². The van der Waals surface area contributed by atoms with Crippen LogP contribution in [0.5, 0.6) is 0 Å². The van der Waals surface area contributed by atoms with Gasteiger partial charge >= 0.3 is 11.9 Å². The number of pyridine rings is 1. The fourth-order valence-corrected chi connectivity index (χ4v) is 5.85. The number of hydrogen-bond acceptors (Lipinski definition) is 6. The molecule has 8 heteroatoms. The van der Waals surface area contributed by atoms with Gasteiger partial charge in [0.05, 0.1) is 35.7 Å². The summed E-state index contributed by atoms with van der Waals surface area (Å²) in [5.74, 6) is 0.0231. The zero-order valence-electron chi connectivity index (χ0n) is 18.1. The molecule has 1 heterocycles. The van der Waals surface area contributed by atoms with Gasteiger partial charge < -0.3 is 9.84 Å². The molecule has 0 saturated heterocycles. The van der Waals surface area contributed by atoms with Crippen LogP contribution in [-0.4, -0.2) is 40.6 Å². The minimum atomic E-state index is -0.818. The predicted molar refractivity (Wildman–Crippen MR) is 139 cm³/mol. The molecule has 0 spiro atoms. The molecule has 5 nitrogen and oxygen atoms in total. The van der Waals surface area contributed by atoms with Gasteiger partial charge in [0.15, 0.2) is 0 Å². The van der Waals surface area contributed by atoms with Gasteiger partial charge in [-0.05, 0) is 41.5 Å². The molecule has 0 fully saturated rings. The molecule has 1 N–H and O–H groups in total. The van der Waals surface area contributed by atoms with E-state index in [1.807, 2.05) is 60.7 Å². The molecular formula is C25H24ClNO4S2. The smallest absolute Gasteiger partial charge is 0.306 e. The van der Waals surface area contributed by atoms with Gasteiger partial charge in [0.1, 0.15) is 0 Å². The summed E-state index contributed by atoms with van der Waals surface area (Å²) in [6.45, 7) is 0. The Morgan fingerprint density at radius 2 is 1.82 bits per heavy atom. The Balaban J connectivity index is 1.74. The van der Waals surface area contributed by atoms with Crippen molar-refractivity contribution in [3.63, 3.8) is 0 Å². The van der Waals surface area contributed by atoms with Crippen molar-refractivity contribution < 1.29 is 19.4 Å². The number of halogens is 1. The normalized spacial score (nSPS) is 12.2. The molecular weight excluding hydrogens is 478 g/mol. The first-order valence-electron chi connectivity index (χ1n) is 10.3. The van der Waals surface area contributed by atoms with Crippen molar-refractivity contribution in [3.05, 3.63) is 76.4 Å². The highest BCUT2D eigenvalue weighted by Gasteiger charge is 2.15. The lowest BCUT2D eigenvalue weighted by Crippen LogP contribution is -2.03. The van der Waals surface area contributed by atoms with Crippen molar-refractivity contribution in [2.75, 3.05) is 18.6 Å². The molecule has 3 aromatic rings. The molecule has 0 aliphatic carbocycles. The molecule has 2 aromatic carbocycles. The first-order chi connectivity index (χ1) is 15.9. The number of fused-ring (bicyclic) bond motifs is 1. The highest BCUT2D eigenvalue weighted by molar-refractivity contribution is 8.16. The number of rotatable bonds is 11. The number of benzene rings is 2. The lowest BCUT2D eigenvalue weighted by molar-refractivity contribution is -0.140. The van der Waals surface area contributed by atoms with Gasteiger partial charge in [-0.3, -0.25) is 9.59 Å². The van der Waals surface area contributed by atoms with Crippen LogP contribution in [0.1, 0.15) is 34.2 Å². The topological polar surface area (TPSA) is 76.5 Å². The summed E-state index contributed by atoms with van der Waals surface area (Å²) < 4.78 is 4.73. The average Bonchev–Trinajstić information content (AvgIpc) is 2.81. The molecule has 1 aromatic heterocycles. The van der Waals surface area contributed by atoms with Crippen LogP contribution in [0.3, 0.4) is 0 Å². The number of carboxylic acid groups (broad SMARTS) is 1. The SMILES string of the molecule is COC(=O)CCSC(SCCC(=O)O)c1cccc(C=Cc2ccc3ccc(Cl)cc3n2)c1. The molecule has 0 saturated carbocycles. The van der Waals surface area contributed by atoms with Crippen LogP contribution < -0.4 is 0 Å². The third kappa shape index (κ3) is 8.11. The van der Waals surface area contributed by atoms with Crippen LogP contribution in [0.2, 0.25) is 5.02 Å². The van der Waals surface area contributed by atoms with Crippen LogP contribution in [0.4, 0.5) is 0 Å². The number of nitrogens with zero attached hydrogens (tertiary/aromatic N) is 1. The van der Waals surface area contributed by atoms with Crippen molar-refractivity contribution in [1.82, 2.24) is 4.98 Å². The minimum Gasteiger partial charge on any atom is -0.481 e. The van der Waals surface area contributed by atoms with Crippen molar-refractivity contribution in [3.8, 4) is 0 Å². The Bertz CT molecular complexity index is 1150. The van der Waals surface area contributed by atoms with Crippen LogP contribution in [-0.2, 0) is 14.3 Å². The molecule has 0 amide bonds. The first-order valence-corrected chi connectivity index (χ1v) is 12.8. The van der Waals surface area contributed by atoms with Gasteiger partial charge in [0.2, 0.25) is 0 Å². The summed E-state index contributed by atoms with van der Waals surface area (Å²) in [5, 5.41) is 10.7. The summed E-state index contributed by atoms with van der Waals surface area (Å²) in [4.78, 5) is 27.0. The molecule has 0 aliphatic heterocycles. The van der Waals surface area contributed by atoms with Gasteiger partial charge in [0, 0.05) is 21.9 Å². The van der Waals surface area contributed by atoms with Crippen molar-refractivity contribution in [1.29, 1.82) is 0 Å². The fourth-order valence-electron chi connectivity index (χ4n) is 3.04. The highest BCUT2D eigenvalue weighted by Crippen LogP contribution is 2.40. The third-order valence-electron chi connectivity index (χ3n) is 4.69. The number of thioether (sulfide) groups is 2. The standard InChI is InChI=1S/C25H24ClNO4S2/c1-31-24(30)12-14-33-25(32-13-11-23(28)29)19-4-2-3-17(15-19)5-9-21-10-7-18-6-8-20(26)16-22(18)27-21/h2-10,15-16,25H,11-14H2,1H3,(H,28,29). The quantitative estimate of drug-likeness (QED) is 0.235. The van der Waals surface area contributed by atoms with E-state index in [-0.39, 0.29) is 17.0 Å². The van der Waals surface area contributed by atoms with Crippen molar-refractivity contribution in [2.45, 2.75) is 17.4 Å². The minimum absolute atomic E-state index is 0.0169. The number of ether oxygens (including phenoxy) is 1. The lowest BCUT2D eigenvalue weighted by Gasteiger charge is -2.17. The zero-order valence-corrected chi connectivity index (χ0v) is 20.5. The number of esters is 1. The number of aliphatic carboxylic acids is 1.